The van der Waals surface area contributed by atoms with Crippen molar-refractivity contribution in [1.29, 1.82) is 4.78 Å². The minimum atomic E-state index is -2.90. The normalized spacial score (nSPS) is 18.3. The van der Waals surface area contributed by atoms with E-state index in [0.717, 1.165) is 11.1 Å². The molecule has 12 heteroatoms. The molecule has 0 radical (unpaired) electrons. The molecule has 1 heterocycles. The van der Waals surface area contributed by atoms with E-state index in [2.05, 4.69) is 25.3 Å². The molecular weight excluding hydrogens is 379 g/mol. The summed E-state index contributed by atoms with van der Waals surface area (Å²) in [7, 11) is -2.90. The molecule has 1 aliphatic carbocycles. The van der Waals surface area contributed by atoms with Crippen molar-refractivity contribution in [3.63, 3.8) is 0 Å². The average molecular weight is 398 g/mol. The van der Waals surface area contributed by atoms with Crippen molar-refractivity contribution in [2.24, 2.45) is 4.99 Å². The monoisotopic (exact) mass is 398 g/mol. The number of halogens is 1. The molecular formula is C15H19FN6O4S. The van der Waals surface area contributed by atoms with Gasteiger partial charge in [-0.05, 0) is 40.0 Å². The SMILES string of the molecule is N=[S@@](=O)(CCO)CCNc1nonc1C(=NC1Cc2ccc(F)cc21)NO. The van der Waals surface area contributed by atoms with Crippen LogP contribution in [-0.2, 0) is 16.1 Å². The second-order valence-electron chi connectivity index (χ2n) is 5.98. The molecule has 10 nitrogen and oxygen atoms in total. The number of amidine groups is 1. The fourth-order valence-electron chi connectivity index (χ4n) is 2.71. The van der Waals surface area contributed by atoms with Gasteiger partial charge in [-0.15, -0.1) is 0 Å². The summed E-state index contributed by atoms with van der Waals surface area (Å²) in [6, 6.07) is 4.13. The van der Waals surface area contributed by atoms with Crippen molar-refractivity contribution in [1.82, 2.24) is 15.8 Å². The molecule has 1 aliphatic rings. The molecule has 2 aromatic rings. The number of aliphatic hydroxyl groups excluding tert-OH is 1. The van der Waals surface area contributed by atoms with Gasteiger partial charge in [0.1, 0.15) is 5.82 Å². The zero-order chi connectivity index (χ0) is 19.4. The van der Waals surface area contributed by atoms with Gasteiger partial charge in [0.2, 0.25) is 5.82 Å². The van der Waals surface area contributed by atoms with Gasteiger partial charge in [0, 0.05) is 22.0 Å². The number of nitrogens with zero attached hydrogens (tertiary/aromatic N) is 3. The van der Waals surface area contributed by atoms with Crippen LogP contribution in [0.4, 0.5) is 10.2 Å². The Labute approximate surface area is 154 Å². The zero-order valence-electron chi connectivity index (χ0n) is 14.2. The van der Waals surface area contributed by atoms with Crippen LogP contribution in [0.25, 0.3) is 0 Å². The first kappa shape index (κ1) is 19.2. The largest absolute Gasteiger partial charge is 0.395 e. The molecule has 0 aliphatic heterocycles. The highest BCUT2D eigenvalue weighted by Gasteiger charge is 2.28. The molecule has 0 bridgehead atoms. The van der Waals surface area contributed by atoms with Crippen molar-refractivity contribution in [3.05, 3.63) is 40.8 Å². The van der Waals surface area contributed by atoms with E-state index in [9.17, 15) is 13.8 Å². The van der Waals surface area contributed by atoms with Crippen LogP contribution in [0.1, 0.15) is 22.9 Å². The molecule has 0 fully saturated rings. The molecule has 2 atom stereocenters. The number of aromatic nitrogens is 2. The minimum absolute atomic E-state index is 0.00579. The third-order valence-corrected chi connectivity index (χ3v) is 5.83. The first-order valence-corrected chi connectivity index (χ1v) is 10.0. The Hall–Kier alpha value is -2.57. The summed E-state index contributed by atoms with van der Waals surface area (Å²) >= 11 is 0. The lowest BCUT2D eigenvalue weighted by molar-refractivity contribution is 0.232. The van der Waals surface area contributed by atoms with Crippen molar-refractivity contribution in [2.75, 3.05) is 30.0 Å². The zero-order valence-corrected chi connectivity index (χ0v) is 15.0. The number of hydroxylamine groups is 1. The summed E-state index contributed by atoms with van der Waals surface area (Å²) < 4.78 is 37.5. The Morgan fingerprint density at radius 3 is 3.00 bits per heavy atom. The van der Waals surface area contributed by atoms with E-state index in [0.29, 0.717) is 6.42 Å². The van der Waals surface area contributed by atoms with Crippen molar-refractivity contribution in [3.8, 4) is 0 Å². The van der Waals surface area contributed by atoms with E-state index in [1.807, 2.05) is 5.48 Å². The first-order valence-electron chi connectivity index (χ1n) is 8.11. The number of fused-ring (bicyclic) bond motifs is 1. The molecule has 0 amide bonds. The number of hydrogen-bond donors (Lipinski definition) is 5. The van der Waals surface area contributed by atoms with Crippen LogP contribution in [0.5, 0.6) is 0 Å². The fraction of sp³-hybridized carbons (Fsp3) is 0.400. The van der Waals surface area contributed by atoms with Gasteiger partial charge in [-0.1, -0.05) is 6.07 Å². The van der Waals surface area contributed by atoms with Crippen LogP contribution in [0.15, 0.2) is 27.8 Å². The van der Waals surface area contributed by atoms with E-state index in [1.165, 1.54) is 12.1 Å². The highest BCUT2D eigenvalue weighted by atomic mass is 32.2. The van der Waals surface area contributed by atoms with E-state index in [4.69, 9.17) is 9.89 Å². The lowest BCUT2D eigenvalue weighted by atomic mass is 9.83. The predicted molar refractivity (Wildman–Crippen MR) is 94.8 cm³/mol. The van der Waals surface area contributed by atoms with Crippen LogP contribution in [0.3, 0.4) is 0 Å². The second kappa shape index (κ2) is 7.98. The van der Waals surface area contributed by atoms with Gasteiger partial charge >= 0.3 is 0 Å². The number of hydrogen-bond acceptors (Lipinski definition) is 9. The Balaban J connectivity index is 1.71. The molecule has 0 saturated heterocycles. The van der Waals surface area contributed by atoms with Gasteiger partial charge in [0.25, 0.3) is 0 Å². The maximum Gasteiger partial charge on any atom is 0.202 e. The number of nitrogens with one attached hydrogen (secondary N) is 3. The Morgan fingerprint density at radius 2 is 2.26 bits per heavy atom. The Bertz CT molecular complexity index is 946. The number of anilines is 1. The van der Waals surface area contributed by atoms with Gasteiger partial charge in [-0.2, -0.15) is 0 Å². The maximum absolute atomic E-state index is 13.4. The first-order chi connectivity index (χ1) is 12.9. The highest BCUT2D eigenvalue weighted by molar-refractivity contribution is 7.92. The third kappa shape index (κ3) is 4.40. The fourth-order valence-corrected chi connectivity index (χ4v) is 3.64. The van der Waals surface area contributed by atoms with Gasteiger partial charge in [0.15, 0.2) is 11.5 Å². The van der Waals surface area contributed by atoms with Crippen LogP contribution in [0.2, 0.25) is 0 Å². The third-order valence-electron chi connectivity index (χ3n) is 4.13. The average Bonchev–Trinajstić information content (AvgIpc) is 3.06. The van der Waals surface area contributed by atoms with Gasteiger partial charge < -0.3 is 10.4 Å². The number of aliphatic hydroxyl groups is 1. The van der Waals surface area contributed by atoms with Gasteiger partial charge in [-0.3, -0.25) is 20.5 Å². The summed E-state index contributed by atoms with van der Waals surface area (Å²) in [5.74, 6) is -0.344. The maximum atomic E-state index is 13.4. The molecule has 5 N–H and O–H groups in total. The van der Waals surface area contributed by atoms with E-state index in [-0.39, 0.29) is 53.9 Å². The summed E-state index contributed by atoms with van der Waals surface area (Å²) in [6.07, 6.45) is 0.594. The molecule has 1 unspecified atom stereocenters. The van der Waals surface area contributed by atoms with Crippen LogP contribution < -0.4 is 10.8 Å². The molecule has 0 saturated carbocycles. The lowest BCUT2D eigenvalue weighted by Gasteiger charge is -2.27. The highest BCUT2D eigenvalue weighted by Crippen LogP contribution is 2.36. The van der Waals surface area contributed by atoms with E-state index >= 15 is 0 Å². The molecule has 27 heavy (non-hydrogen) atoms. The van der Waals surface area contributed by atoms with Crippen molar-refractivity contribution in [2.45, 2.75) is 12.5 Å². The minimum Gasteiger partial charge on any atom is -0.395 e. The van der Waals surface area contributed by atoms with Crippen LogP contribution in [-0.4, -0.2) is 55.3 Å². The second-order valence-corrected chi connectivity index (χ2v) is 8.42. The smallest absolute Gasteiger partial charge is 0.202 e. The quantitative estimate of drug-likeness (QED) is 0.247. The van der Waals surface area contributed by atoms with Crippen LogP contribution >= 0.6 is 0 Å². The standard InChI is InChI=1S/C15H19FN6O4S/c16-10-2-1-9-7-12(11(9)8-10)19-15(20-24)13-14(22-26-21-13)18-3-5-27(17,25)6-4-23/h1-2,8,12,17,23-24H,3-7H2,(H,18,22)(H,19,20)/t12?,27-/m0/s1. The van der Waals surface area contributed by atoms with E-state index in [1.54, 1.807) is 6.07 Å². The van der Waals surface area contributed by atoms with E-state index < -0.39 is 9.73 Å². The number of benzene rings is 1. The molecule has 1 aromatic carbocycles. The molecule has 3 rings (SSSR count). The summed E-state index contributed by atoms with van der Waals surface area (Å²) in [5.41, 5.74) is 3.75. The predicted octanol–water partition coefficient (Wildman–Crippen LogP) is 0.682. The molecule has 1 aromatic heterocycles. The molecule has 146 valence electrons. The van der Waals surface area contributed by atoms with Crippen molar-refractivity contribution < 1.29 is 23.5 Å². The van der Waals surface area contributed by atoms with Gasteiger partial charge in [-0.25, -0.2) is 13.2 Å². The topological polar surface area (TPSA) is 157 Å². The summed E-state index contributed by atoms with van der Waals surface area (Å²) in [5, 5.41) is 28.4. The Kier molecular flexibility index (Phi) is 5.68. The lowest BCUT2D eigenvalue weighted by Crippen LogP contribution is -2.26. The summed E-state index contributed by atoms with van der Waals surface area (Å²) in [6.45, 7) is -0.201. The summed E-state index contributed by atoms with van der Waals surface area (Å²) in [4.78, 5) is 4.33. The Morgan fingerprint density at radius 1 is 1.44 bits per heavy atom. The number of aliphatic imine (C=N–C) groups is 1. The molecule has 0 spiro atoms. The van der Waals surface area contributed by atoms with Crippen molar-refractivity contribution >= 4 is 21.4 Å². The van der Waals surface area contributed by atoms with Gasteiger partial charge in [0.05, 0.1) is 18.4 Å². The van der Waals surface area contributed by atoms with Crippen LogP contribution in [0, 0.1) is 10.6 Å². The number of rotatable bonds is 8.